The van der Waals surface area contributed by atoms with E-state index in [1.807, 2.05) is 48.6 Å². The molecule has 6 heteroatoms. The number of hydrogen-bond acceptors (Lipinski definition) is 6. The maximum Gasteiger partial charge on any atom is 0.319 e. The zero-order valence-electron chi connectivity index (χ0n) is 18.7. The molecule has 0 saturated carbocycles. The van der Waals surface area contributed by atoms with Gasteiger partial charge in [-0.1, -0.05) is 54.6 Å². The highest BCUT2D eigenvalue weighted by molar-refractivity contribution is 6.12. The highest BCUT2D eigenvalue weighted by Gasteiger charge is 2.37. The predicted octanol–water partition coefficient (Wildman–Crippen LogP) is 4.99. The van der Waals surface area contributed by atoms with E-state index < -0.39 is 11.4 Å². The molecule has 0 bridgehead atoms. The zero-order valence-corrected chi connectivity index (χ0v) is 18.7. The molecule has 0 N–H and O–H groups in total. The molecule has 2 aliphatic rings. The number of ketones is 1. The molecule has 34 heavy (non-hydrogen) atoms. The highest BCUT2D eigenvalue weighted by Crippen LogP contribution is 2.36. The van der Waals surface area contributed by atoms with Gasteiger partial charge in [0.25, 0.3) is 0 Å². The van der Waals surface area contributed by atoms with Crippen LogP contribution in [0.3, 0.4) is 0 Å². The first-order valence-electron chi connectivity index (χ1n) is 11.0. The van der Waals surface area contributed by atoms with Crippen molar-refractivity contribution < 1.29 is 23.8 Å². The van der Waals surface area contributed by atoms with Crippen LogP contribution in [-0.4, -0.2) is 30.5 Å². The zero-order chi connectivity index (χ0) is 23.5. The minimum Gasteiger partial charge on any atom is -0.488 e. The summed E-state index contributed by atoms with van der Waals surface area (Å²) in [4.78, 5) is 30.5. The summed E-state index contributed by atoms with van der Waals surface area (Å²) in [5, 5.41) is 1.06. The third-order valence-corrected chi connectivity index (χ3v) is 6.01. The number of methoxy groups -OCH3 is 1. The van der Waals surface area contributed by atoms with Gasteiger partial charge in [0.1, 0.15) is 30.1 Å². The Labute approximate surface area is 197 Å². The number of nitrogens with zero attached hydrogens (tertiary/aromatic N) is 1. The summed E-state index contributed by atoms with van der Waals surface area (Å²) in [5.74, 6) is 0.417. The van der Waals surface area contributed by atoms with E-state index in [9.17, 15) is 9.59 Å². The molecule has 6 nitrogen and oxygen atoms in total. The molecule has 2 aromatic carbocycles. The average Bonchev–Trinajstić information content (AvgIpc) is 2.89. The van der Waals surface area contributed by atoms with Crippen molar-refractivity contribution in [3.63, 3.8) is 0 Å². The summed E-state index contributed by atoms with van der Waals surface area (Å²) < 4.78 is 16.8. The number of ether oxygens (including phenoxy) is 3. The molecule has 0 fully saturated rings. The molecule has 5 rings (SSSR count). The molecule has 0 saturated heterocycles. The van der Waals surface area contributed by atoms with Gasteiger partial charge in [0.2, 0.25) is 0 Å². The van der Waals surface area contributed by atoms with E-state index >= 15 is 0 Å². The van der Waals surface area contributed by atoms with Crippen molar-refractivity contribution in [2.45, 2.75) is 13.0 Å². The number of para-hydroxylation sites is 1. The number of esters is 1. The quantitative estimate of drug-likeness (QED) is 0.400. The SMILES string of the molecule is COC(=O)C1(C=C2COc3ccc(OCc4ccc5ccccc5n4)cc3C2=O)C=CC=CC1. The molecule has 1 aliphatic heterocycles. The summed E-state index contributed by atoms with van der Waals surface area (Å²) >= 11 is 0. The van der Waals surface area contributed by atoms with Crippen LogP contribution in [0, 0.1) is 5.41 Å². The van der Waals surface area contributed by atoms with E-state index in [1.54, 1.807) is 36.4 Å². The molecule has 0 radical (unpaired) electrons. The van der Waals surface area contributed by atoms with Gasteiger partial charge in [0.05, 0.1) is 23.9 Å². The number of pyridine rings is 1. The lowest BCUT2D eigenvalue weighted by Crippen LogP contribution is -2.31. The van der Waals surface area contributed by atoms with Gasteiger partial charge in [-0.15, -0.1) is 0 Å². The summed E-state index contributed by atoms with van der Waals surface area (Å²) in [6.07, 6.45) is 9.36. The summed E-state index contributed by atoms with van der Waals surface area (Å²) in [5.41, 5.74) is 1.48. The fourth-order valence-corrected chi connectivity index (χ4v) is 4.20. The Balaban J connectivity index is 1.38. The third kappa shape index (κ3) is 4.10. The molecular formula is C28H23NO5. The summed E-state index contributed by atoms with van der Waals surface area (Å²) in [6.45, 7) is 0.354. The largest absolute Gasteiger partial charge is 0.488 e. The van der Waals surface area contributed by atoms with Crippen molar-refractivity contribution in [3.05, 3.63) is 102 Å². The molecule has 1 aliphatic carbocycles. The van der Waals surface area contributed by atoms with E-state index in [2.05, 4.69) is 4.98 Å². The first-order valence-corrected chi connectivity index (χ1v) is 11.0. The van der Waals surface area contributed by atoms with Crippen LogP contribution >= 0.6 is 0 Å². The highest BCUT2D eigenvalue weighted by atomic mass is 16.5. The second-order valence-corrected chi connectivity index (χ2v) is 8.25. The molecule has 170 valence electrons. The second-order valence-electron chi connectivity index (χ2n) is 8.25. The number of allylic oxidation sites excluding steroid dienone is 3. The lowest BCUT2D eigenvalue weighted by atomic mass is 9.79. The van der Waals surface area contributed by atoms with Crippen LogP contribution in [0.4, 0.5) is 0 Å². The Morgan fingerprint density at radius 3 is 2.85 bits per heavy atom. The molecule has 1 unspecified atom stereocenters. The Morgan fingerprint density at radius 2 is 2.03 bits per heavy atom. The average molecular weight is 453 g/mol. The minimum atomic E-state index is -1.02. The van der Waals surface area contributed by atoms with Crippen molar-refractivity contribution in [2.24, 2.45) is 5.41 Å². The van der Waals surface area contributed by atoms with Crippen molar-refractivity contribution in [2.75, 3.05) is 13.7 Å². The molecule has 0 spiro atoms. The first kappa shape index (κ1) is 21.6. The Morgan fingerprint density at radius 1 is 1.15 bits per heavy atom. The van der Waals surface area contributed by atoms with Crippen molar-refractivity contribution in [1.82, 2.24) is 4.98 Å². The van der Waals surface area contributed by atoms with E-state index in [4.69, 9.17) is 14.2 Å². The number of hydrogen-bond donors (Lipinski definition) is 0. The van der Waals surface area contributed by atoms with Gasteiger partial charge >= 0.3 is 5.97 Å². The van der Waals surface area contributed by atoms with Gasteiger partial charge in [-0.2, -0.15) is 0 Å². The van der Waals surface area contributed by atoms with Crippen molar-refractivity contribution in [1.29, 1.82) is 0 Å². The van der Waals surface area contributed by atoms with Crippen LogP contribution in [0.25, 0.3) is 10.9 Å². The fourth-order valence-electron chi connectivity index (χ4n) is 4.20. The number of benzene rings is 2. The standard InChI is InChI=1S/C28H23NO5/c1-32-27(31)28(13-5-2-6-14-28)16-20-17-34-25-12-11-22(15-23(25)26(20)30)33-18-21-10-9-19-7-3-4-8-24(19)29-21/h2-13,15-16H,14,17-18H2,1H3. The smallest absolute Gasteiger partial charge is 0.319 e. The second kappa shape index (κ2) is 8.98. The number of rotatable bonds is 5. The topological polar surface area (TPSA) is 74.7 Å². The van der Waals surface area contributed by atoms with E-state index in [-0.39, 0.29) is 19.0 Å². The van der Waals surface area contributed by atoms with Crippen molar-refractivity contribution >= 4 is 22.7 Å². The maximum absolute atomic E-state index is 13.3. The molecule has 3 aromatic rings. The Kier molecular flexibility index (Phi) is 5.72. The van der Waals surface area contributed by atoms with Crippen LogP contribution in [0.2, 0.25) is 0 Å². The van der Waals surface area contributed by atoms with Crippen LogP contribution in [-0.2, 0) is 16.1 Å². The molecule has 2 heterocycles. The summed E-state index contributed by atoms with van der Waals surface area (Å²) in [7, 11) is 1.34. The lowest BCUT2D eigenvalue weighted by molar-refractivity contribution is -0.147. The molecule has 1 atom stereocenters. The minimum absolute atomic E-state index is 0.0867. The molecule has 0 amide bonds. The van der Waals surface area contributed by atoms with Gasteiger partial charge in [0, 0.05) is 11.0 Å². The fraction of sp³-hybridized carbons (Fsp3) is 0.179. The lowest BCUT2D eigenvalue weighted by Gasteiger charge is -2.27. The van der Waals surface area contributed by atoms with Crippen molar-refractivity contribution in [3.8, 4) is 11.5 Å². The van der Waals surface area contributed by atoms with Crippen LogP contribution in [0.5, 0.6) is 11.5 Å². The Bertz CT molecular complexity index is 1370. The predicted molar refractivity (Wildman–Crippen MR) is 128 cm³/mol. The van der Waals surface area contributed by atoms with Gasteiger partial charge in [0.15, 0.2) is 5.78 Å². The van der Waals surface area contributed by atoms with E-state index in [0.717, 1.165) is 16.6 Å². The Hall–Kier alpha value is -4.19. The number of fused-ring (bicyclic) bond motifs is 2. The van der Waals surface area contributed by atoms with Gasteiger partial charge in [-0.05, 0) is 36.8 Å². The number of aromatic nitrogens is 1. The first-order chi connectivity index (χ1) is 16.6. The third-order valence-electron chi connectivity index (χ3n) is 6.01. The van der Waals surface area contributed by atoms with E-state index in [1.165, 1.54) is 7.11 Å². The maximum atomic E-state index is 13.3. The number of Topliss-reactive ketones (excluding diaryl/α,β-unsaturated/α-hetero) is 1. The van der Waals surface area contributed by atoms with Crippen LogP contribution in [0.15, 0.2) is 90.6 Å². The van der Waals surface area contributed by atoms with Crippen LogP contribution < -0.4 is 9.47 Å². The van der Waals surface area contributed by atoms with Gasteiger partial charge in [-0.3, -0.25) is 9.59 Å². The summed E-state index contributed by atoms with van der Waals surface area (Å²) in [6, 6.07) is 17.0. The number of carbonyl (C=O) groups excluding carboxylic acids is 2. The van der Waals surface area contributed by atoms with Crippen LogP contribution in [0.1, 0.15) is 22.5 Å². The normalized spacial score (nSPS) is 20.1. The van der Waals surface area contributed by atoms with Gasteiger partial charge in [-0.25, -0.2) is 4.98 Å². The number of carbonyl (C=O) groups is 2. The van der Waals surface area contributed by atoms with Gasteiger partial charge < -0.3 is 14.2 Å². The molecule has 1 aromatic heterocycles. The van der Waals surface area contributed by atoms with E-state index in [0.29, 0.717) is 29.1 Å². The monoisotopic (exact) mass is 453 g/mol. The molecular weight excluding hydrogens is 430 g/mol.